The van der Waals surface area contributed by atoms with E-state index in [4.69, 9.17) is 0 Å². The van der Waals surface area contributed by atoms with E-state index in [1.807, 2.05) is 55.5 Å². The summed E-state index contributed by atoms with van der Waals surface area (Å²) in [6, 6.07) is 18.8. The van der Waals surface area contributed by atoms with Crippen molar-refractivity contribution in [3.05, 3.63) is 83.7 Å². The highest BCUT2D eigenvalue weighted by Gasteiger charge is 2.13. The molecule has 0 aliphatic carbocycles. The van der Waals surface area contributed by atoms with Crippen LogP contribution in [0.5, 0.6) is 0 Å². The third-order valence-corrected chi connectivity index (χ3v) is 4.08. The van der Waals surface area contributed by atoms with Gasteiger partial charge >= 0.3 is 5.97 Å². The van der Waals surface area contributed by atoms with Gasteiger partial charge in [-0.15, -0.1) is 0 Å². The summed E-state index contributed by atoms with van der Waals surface area (Å²) in [4.78, 5) is 28.0. The van der Waals surface area contributed by atoms with Crippen LogP contribution in [0.3, 0.4) is 0 Å². The van der Waals surface area contributed by atoms with Gasteiger partial charge in [0.2, 0.25) is 0 Å². The van der Waals surface area contributed by atoms with Gasteiger partial charge in [0.1, 0.15) is 5.69 Å². The third-order valence-electron chi connectivity index (χ3n) is 4.08. The predicted molar refractivity (Wildman–Crippen MR) is 100 cm³/mol. The number of hydrogen-bond acceptors (Lipinski definition) is 4. The summed E-state index contributed by atoms with van der Waals surface area (Å²) < 4.78 is 4.62. The molecule has 0 saturated heterocycles. The maximum absolute atomic E-state index is 12.5. The Morgan fingerprint density at radius 1 is 0.962 bits per heavy atom. The number of ether oxygens (including phenoxy) is 1. The lowest BCUT2D eigenvalue weighted by Gasteiger charge is -2.12. The number of pyridine rings is 1. The van der Waals surface area contributed by atoms with E-state index in [2.05, 4.69) is 15.0 Å². The molecule has 5 nitrogen and oxygen atoms in total. The third kappa shape index (κ3) is 3.62. The van der Waals surface area contributed by atoms with Gasteiger partial charge in [0.15, 0.2) is 0 Å². The number of carbonyl (C=O) groups excluding carboxylic acids is 2. The number of nitrogens with zero attached hydrogens (tertiary/aromatic N) is 1. The average Bonchev–Trinajstić information content (AvgIpc) is 2.69. The molecule has 0 fully saturated rings. The van der Waals surface area contributed by atoms with Crippen molar-refractivity contribution in [2.24, 2.45) is 0 Å². The molecule has 1 N–H and O–H groups in total. The molecule has 0 radical (unpaired) electrons. The summed E-state index contributed by atoms with van der Waals surface area (Å²) in [6.07, 6.45) is 1.33. The molecule has 0 saturated carbocycles. The minimum atomic E-state index is -0.490. The van der Waals surface area contributed by atoms with E-state index in [0.29, 0.717) is 5.56 Å². The van der Waals surface area contributed by atoms with E-state index in [1.165, 1.54) is 25.4 Å². The van der Waals surface area contributed by atoms with Gasteiger partial charge in [-0.05, 0) is 41.8 Å². The molecule has 0 aliphatic heterocycles. The second-order valence-corrected chi connectivity index (χ2v) is 5.72. The largest absolute Gasteiger partial charge is 0.465 e. The molecule has 26 heavy (non-hydrogen) atoms. The van der Waals surface area contributed by atoms with Crippen LogP contribution in [0, 0.1) is 6.92 Å². The van der Waals surface area contributed by atoms with Crippen LogP contribution in [-0.2, 0) is 4.74 Å². The molecule has 2 aromatic carbocycles. The topological polar surface area (TPSA) is 68.3 Å². The lowest BCUT2D eigenvalue weighted by atomic mass is 9.99. The van der Waals surface area contributed by atoms with Gasteiger partial charge in [-0.3, -0.25) is 9.78 Å². The molecule has 3 aromatic rings. The van der Waals surface area contributed by atoms with Gasteiger partial charge < -0.3 is 10.1 Å². The zero-order valence-electron chi connectivity index (χ0n) is 14.5. The Labute approximate surface area is 151 Å². The minimum absolute atomic E-state index is 0.224. The molecule has 3 rings (SSSR count). The number of rotatable bonds is 4. The van der Waals surface area contributed by atoms with Crippen LogP contribution in [0.2, 0.25) is 0 Å². The van der Waals surface area contributed by atoms with Gasteiger partial charge in [0.05, 0.1) is 12.7 Å². The molecule has 0 bridgehead atoms. The first-order valence-electron chi connectivity index (χ1n) is 8.11. The molecule has 1 heterocycles. The van der Waals surface area contributed by atoms with Crippen LogP contribution in [0.25, 0.3) is 11.1 Å². The summed E-state index contributed by atoms with van der Waals surface area (Å²) >= 11 is 0. The Morgan fingerprint density at radius 3 is 2.38 bits per heavy atom. The van der Waals surface area contributed by atoms with E-state index in [1.54, 1.807) is 0 Å². The first-order chi connectivity index (χ1) is 12.6. The second-order valence-electron chi connectivity index (χ2n) is 5.72. The number of esters is 1. The summed E-state index contributed by atoms with van der Waals surface area (Å²) in [5.41, 5.74) is 4.35. The maximum atomic E-state index is 12.5. The Hall–Kier alpha value is -3.47. The van der Waals surface area contributed by atoms with Crippen molar-refractivity contribution in [2.75, 3.05) is 12.4 Å². The van der Waals surface area contributed by atoms with Gasteiger partial charge in [-0.2, -0.15) is 0 Å². The molecule has 1 aromatic heterocycles. The van der Waals surface area contributed by atoms with Crippen LogP contribution in [-0.4, -0.2) is 24.0 Å². The first kappa shape index (κ1) is 17.4. The van der Waals surface area contributed by atoms with Crippen molar-refractivity contribution < 1.29 is 14.3 Å². The smallest absolute Gasteiger partial charge is 0.339 e. The van der Waals surface area contributed by atoms with E-state index in [0.717, 1.165) is 22.4 Å². The molecule has 0 spiro atoms. The fourth-order valence-corrected chi connectivity index (χ4v) is 2.65. The molecule has 5 heteroatoms. The van der Waals surface area contributed by atoms with E-state index >= 15 is 0 Å². The Kier molecular flexibility index (Phi) is 5.08. The van der Waals surface area contributed by atoms with Crippen molar-refractivity contribution in [1.82, 2.24) is 4.98 Å². The van der Waals surface area contributed by atoms with Crippen molar-refractivity contribution in [3.8, 4) is 11.1 Å². The van der Waals surface area contributed by atoms with E-state index < -0.39 is 5.97 Å². The van der Waals surface area contributed by atoms with E-state index in [-0.39, 0.29) is 11.6 Å². The molecular formula is C21H18N2O3. The monoisotopic (exact) mass is 346 g/mol. The predicted octanol–water partition coefficient (Wildman–Crippen LogP) is 4.10. The average molecular weight is 346 g/mol. The summed E-state index contributed by atoms with van der Waals surface area (Å²) in [5, 5.41) is 2.88. The molecule has 0 aliphatic rings. The van der Waals surface area contributed by atoms with Crippen LogP contribution >= 0.6 is 0 Å². The highest BCUT2D eigenvalue weighted by atomic mass is 16.5. The Morgan fingerprint density at radius 2 is 1.73 bits per heavy atom. The van der Waals surface area contributed by atoms with Crippen molar-refractivity contribution in [3.63, 3.8) is 0 Å². The minimum Gasteiger partial charge on any atom is -0.465 e. The number of carbonyl (C=O) groups is 2. The van der Waals surface area contributed by atoms with Gasteiger partial charge in [0.25, 0.3) is 5.91 Å². The zero-order valence-corrected chi connectivity index (χ0v) is 14.5. The molecule has 130 valence electrons. The number of benzene rings is 2. The zero-order chi connectivity index (χ0) is 18.5. The fraction of sp³-hybridized carbons (Fsp3) is 0.0952. The SMILES string of the molecule is COC(=O)c1ccc(C(=O)Nc2cccc(-c3ccccc3)c2C)nc1. The highest BCUT2D eigenvalue weighted by molar-refractivity contribution is 6.04. The number of aromatic nitrogens is 1. The van der Waals surface area contributed by atoms with Crippen molar-refractivity contribution in [2.45, 2.75) is 6.92 Å². The quantitative estimate of drug-likeness (QED) is 0.722. The number of methoxy groups -OCH3 is 1. The van der Waals surface area contributed by atoms with Crippen molar-refractivity contribution >= 4 is 17.6 Å². The second kappa shape index (κ2) is 7.61. The number of amides is 1. The maximum Gasteiger partial charge on any atom is 0.339 e. The fourth-order valence-electron chi connectivity index (χ4n) is 2.65. The van der Waals surface area contributed by atoms with Crippen LogP contribution in [0.1, 0.15) is 26.4 Å². The molecule has 0 unspecified atom stereocenters. The van der Waals surface area contributed by atoms with Gasteiger partial charge in [0, 0.05) is 11.9 Å². The van der Waals surface area contributed by atoms with Crippen LogP contribution < -0.4 is 5.32 Å². The lowest BCUT2D eigenvalue weighted by Crippen LogP contribution is -2.15. The first-order valence-corrected chi connectivity index (χ1v) is 8.11. The molecular weight excluding hydrogens is 328 g/mol. The Bertz CT molecular complexity index is 935. The Balaban J connectivity index is 1.83. The van der Waals surface area contributed by atoms with Gasteiger partial charge in [-0.25, -0.2) is 4.79 Å². The van der Waals surface area contributed by atoms with Crippen molar-refractivity contribution in [1.29, 1.82) is 0 Å². The van der Waals surface area contributed by atoms with Crippen LogP contribution in [0.15, 0.2) is 66.9 Å². The number of nitrogens with one attached hydrogen (secondary N) is 1. The summed E-state index contributed by atoms with van der Waals surface area (Å²) in [7, 11) is 1.30. The number of anilines is 1. The highest BCUT2D eigenvalue weighted by Crippen LogP contribution is 2.28. The normalized spacial score (nSPS) is 10.2. The van der Waals surface area contributed by atoms with Crippen LogP contribution in [0.4, 0.5) is 5.69 Å². The number of hydrogen-bond donors (Lipinski definition) is 1. The summed E-state index contributed by atoms with van der Waals surface area (Å²) in [5.74, 6) is -0.828. The van der Waals surface area contributed by atoms with E-state index in [9.17, 15) is 9.59 Å². The molecule has 1 amide bonds. The molecule has 0 atom stereocenters. The van der Waals surface area contributed by atoms with Gasteiger partial charge in [-0.1, -0.05) is 42.5 Å². The standard InChI is InChI=1S/C21H18N2O3/c1-14-17(15-7-4-3-5-8-15)9-6-10-18(14)23-20(24)19-12-11-16(13-22-19)21(25)26-2/h3-13H,1-2H3,(H,23,24). The summed E-state index contributed by atoms with van der Waals surface area (Å²) in [6.45, 7) is 1.96. The lowest BCUT2D eigenvalue weighted by molar-refractivity contribution is 0.0600.